The summed E-state index contributed by atoms with van der Waals surface area (Å²) in [7, 11) is 0. The molecule has 3 aromatic rings. The molecule has 0 unspecified atom stereocenters. The van der Waals surface area contributed by atoms with E-state index < -0.39 is 5.91 Å². The molecule has 1 aliphatic rings. The molecule has 1 aromatic carbocycles. The Bertz CT molecular complexity index is 1250. The van der Waals surface area contributed by atoms with E-state index in [0.717, 1.165) is 18.7 Å². The van der Waals surface area contributed by atoms with E-state index in [9.17, 15) is 14.4 Å². The summed E-state index contributed by atoms with van der Waals surface area (Å²) in [4.78, 5) is 43.0. The standard InChI is InChI=1S/C21H18N4O3S/c1-3-13-6-4-7-14(10-13)23-16(26)11-22-19(27)18-12(2)17-20(29-18)24-15-8-5-9-25(15)21(17)28/h1,4,6-7,10H,5,8-9,11H2,2H3,(H,22,27)(H,23,26). The largest absolute Gasteiger partial charge is 0.342 e. The average molecular weight is 406 g/mol. The van der Waals surface area contributed by atoms with E-state index in [4.69, 9.17) is 6.42 Å². The average Bonchev–Trinajstić information content (AvgIpc) is 3.31. The third-order valence-electron chi connectivity index (χ3n) is 4.84. The minimum atomic E-state index is -0.400. The molecule has 29 heavy (non-hydrogen) atoms. The number of rotatable bonds is 4. The summed E-state index contributed by atoms with van der Waals surface area (Å²) in [6.45, 7) is 2.20. The van der Waals surface area contributed by atoms with Gasteiger partial charge in [-0.05, 0) is 37.1 Å². The zero-order chi connectivity index (χ0) is 20.5. The van der Waals surface area contributed by atoms with Gasteiger partial charge in [0.05, 0.1) is 16.8 Å². The number of nitrogens with zero attached hydrogens (tertiary/aromatic N) is 2. The highest BCUT2D eigenvalue weighted by molar-refractivity contribution is 7.20. The SMILES string of the molecule is C#Cc1cccc(NC(=O)CNC(=O)c2sc3nc4n(c(=O)c3c2C)CCC4)c1. The summed E-state index contributed by atoms with van der Waals surface area (Å²) in [6.07, 6.45) is 7.03. The summed E-state index contributed by atoms with van der Waals surface area (Å²) < 4.78 is 1.68. The predicted octanol–water partition coefficient (Wildman–Crippen LogP) is 2.06. The van der Waals surface area contributed by atoms with Crippen molar-refractivity contribution in [2.75, 3.05) is 11.9 Å². The van der Waals surface area contributed by atoms with Crippen LogP contribution in [0.4, 0.5) is 5.69 Å². The lowest BCUT2D eigenvalue weighted by molar-refractivity contribution is -0.115. The van der Waals surface area contributed by atoms with E-state index in [1.807, 2.05) is 0 Å². The maximum absolute atomic E-state index is 12.7. The van der Waals surface area contributed by atoms with Crippen LogP contribution in [0.5, 0.6) is 0 Å². The van der Waals surface area contributed by atoms with Crippen LogP contribution >= 0.6 is 11.3 Å². The highest BCUT2D eigenvalue weighted by atomic mass is 32.1. The van der Waals surface area contributed by atoms with Crippen LogP contribution in [0.25, 0.3) is 10.2 Å². The first-order valence-electron chi connectivity index (χ1n) is 9.15. The Morgan fingerprint density at radius 1 is 1.38 bits per heavy atom. The van der Waals surface area contributed by atoms with Crippen molar-refractivity contribution in [3.8, 4) is 12.3 Å². The molecule has 0 radical (unpaired) electrons. The first kappa shape index (κ1) is 18.9. The number of thiophene rings is 1. The molecule has 0 fully saturated rings. The van der Waals surface area contributed by atoms with Gasteiger partial charge in [-0.2, -0.15) is 0 Å². The lowest BCUT2D eigenvalue weighted by Gasteiger charge is -2.07. The molecule has 0 atom stereocenters. The summed E-state index contributed by atoms with van der Waals surface area (Å²) in [5.74, 6) is 2.49. The second-order valence-electron chi connectivity index (χ2n) is 6.78. The zero-order valence-electron chi connectivity index (χ0n) is 15.7. The third kappa shape index (κ3) is 3.52. The topological polar surface area (TPSA) is 93.1 Å². The van der Waals surface area contributed by atoms with Crippen molar-refractivity contribution in [3.05, 3.63) is 56.4 Å². The van der Waals surface area contributed by atoms with Crippen molar-refractivity contribution in [3.63, 3.8) is 0 Å². The highest BCUT2D eigenvalue weighted by Crippen LogP contribution is 2.28. The predicted molar refractivity (Wildman–Crippen MR) is 112 cm³/mol. The monoisotopic (exact) mass is 406 g/mol. The van der Waals surface area contributed by atoms with Crippen LogP contribution in [-0.2, 0) is 17.8 Å². The molecular weight excluding hydrogens is 388 g/mol. The Kier molecular flexibility index (Phi) is 4.91. The molecule has 7 nitrogen and oxygen atoms in total. The molecule has 0 saturated carbocycles. The quantitative estimate of drug-likeness (QED) is 0.649. The lowest BCUT2D eigenvalue weighted by atomic mass is 10.2. The number of carbonyl (C=O) groups is 2. The number of aryl methyl sites for hydroxylation is 2. The third-order valence-corrected chi connectivity index (χ3v) is 6.02. The number of anilines is 1. The Hall–Kier alpha value is -3.44. The van der Waals surface area contributed by atoms with Gasteiger partial charge in [-0.15, -0.1) is 17.8 Å². The van der Waals surface area contributed by atoms with Gasteiger partial charge in [0.1, 0.15) is 10.7 Å². The van der Waals surface area contributed by atoms with Crippen LogP contribution in [-0.4, -0.2) is 27.9 Å². The molecule has 2 N–H and O–H groups in total. The number of hydrogen-bond donors (Lipinski definition) is 2. The number of nitrogens with one attached hydrogen (secondary N) is 2. The fraction of sp³-hybridized carbons (Fsp3) is 0.238. The van der Waals surface area contributed by atoms with Crippen LogP contribution in [0, 0.1) is 19.3 Å². The van der Waals surface area contributed by atoms with E-state index >= 15 is 0 Å². The molecule has 2 amide bonds. The fourth-order valence-electron chi connectivity index (χ4n) is 3.42. The number of hydrogen-bond acceptors (Lipinski definition) is 5. The Morgan fingerprint density at radius 2 is 2.21 bits per heavy atom. The summed E-state index contributed by atoms with van der Waals surface area (Å²) >= 11 is 1.18. The molecule has 146 valence electrons. The first-order valence-corrected chi connectivity index (χ1v) is 9.97. The van der Waals surface area contributed by atoms with Gasteiger partial charge in [-0.1, -0.05) is 12.0 Å². The molecule has 0 aliphatic carbocycles. The fourth-order valence-corrected chi connectivity index (χ4v) is 4.53. The van der Waals surface area contributed by atoms with E-state index in [1.54, 1.807) is 35.8 Å². The maximum atomic E-state index is 12.7. The van der Waals surface area contributed by atoms with Crippen LogP contribution in [0.3, 0.4) is 0 Å². The summed E-state index contributed by atoms with van der Waals surface area (Å²) in [5, 5.41) is 5.79. The van der Waals surface area contributed by atoms with Crippen molar-refractivity contribution in [1.29, 1.82) is 0 Å². The van der Waals surface area contributed by atoms with Gasteiger partial charge in [0.15, 0.2) is 0 Å². The number of terminal acetylenes is 1. The number of amides is 2. The number of benzene rings is 1. The van der Waals surface area contributed by atoms with Crippen molar-refractivity contribution < 1.29 is 9.59 Å². The lowest BCUT2D eigenvalue weighted by Crippen LogP contribution is -2.32. The van der Waals surface area contributed by atoms with Gasteiger partial charge < -0.3 is 10.6 Å². The molecule has 2 aromatic heterocycles. The zero-order valence-corrected chi connectivity index (χ0v) is 16.6. The number of fused-ring (bicyclic) bond motifs is 2. The Balaban J connectivity index is 1.49. The van der Waals surface area contributed by atoms with E-state index in [1.165, 1.54) is 11.3 Å². The molecular formula is C21H18N4O3S. The van der Waals surface area contributed by atoms with Crippen molar-refractivity contribution in [2.24, 2.45) is 0 Å². The number of aromatic nitrogens is 2. The van der Waals surface area contributed by atoms with Crippen molar-refractivity contribution in [1.82, 2.24) is 14.9 Å². The van der Waals surface area contributed by atoms with Crippen LogP contribution in [0.1, 0.15) is 33.0 Å². The first-order chi connectivity index (χ1) is 14.0. The second-order valence-corrected chi connectivity index (χ2v) is 7.78. The maximum Gasteiger partial charge on any atom is 0.262 e. The van der Waals surface area contributed by atoms with Gasteiger partial charge in [0.25, 0.3) is 11.5 Å². The molecule has 0 bridgehead atoms. The number of carbonyl (C=O) groups excluding carboxylic acids is 2. The molecule has 4 rings (SSSR count). The minimum absolute atomic E-state index is 0.0959. The molecule has 8 heteroatoms. The minimum Gasteiger partial charge on any atom is -0.342 e. The van der Waals surface area contributed by atoms with E-state index in [2.05, 4.69) is 21.5 Å². The van der Waals surface area contributed by atoms with Crippen molar-refractivity contribution >= 4 is 39.1 Å². The van der Waals surface area contributed by atoms with E-state index in [0.29, 0.717) is 38.5 Å². The van der Waals surface area contributed by atoms with Gasteiger partial charge in [-0.25, -0.2) is 4.98 Å². The normalized spacial score (nSPS) is 12.4. The second kappa shape index (κ2) is 7.53. The Morgan fingerprint density at radius 3 is 3.00 bits per heavy atom. The molecule has 3 heterocycles. The Labute approximate surface area is 170 Å². The summed E-state index contributed by atoms with van der Waals surface area (Å²) in [5.41, 5.74) is 1.72. The summed E-state index contributed by atoms with van der Waals surface area (Å²) in [6, 6.07) is 6.89. The molecule has 0 saturated heterocycles. The van der Waals surface area contributed by atoms with Gasteiger partial charge >= 0.3 is 0 Å². The van der Waals surface area contributed by atoms with Crippen molar-refractivity contribution in [2.45, 2.75) is 26.3 Å². The highest BCUT2D eigenvalue weighted by Gasteiger charge is 2.23. The van der Waals surface area contributed by atoms with Gasteiger partial charge in [0.2, 0.25) is 5.91 Å². The molecule has 1 aliphatic heterocycles. The van der Waals surface area contributed by atoms with Crippen LogP contribution in [0.2, 0.25) is 0 Å². The smallest absolute Gasteiger partial charge is 0.262 e. The molecule has 0 spiro atoms. The van der Waals surface area contributed by atoms with Gasteiger partial charge in [-0.3, -0.25) is 19.0 Å². The van der Waals surface area contributed by atoms with Crippen LogP contribution in [0.15, 0.2) is 29.1 Å². The van der Waals surface area contributed by atoms with Crippen LogP contribution < -0.4 is 16.2 Å². The van der Waals surface area contributed by atoms with E-state index in [-0.39, 0.29) is 18.0 Å². The van der Waals surface area contributed by atoms with Gasteiger partial charge in [0, 0.05) is 24.2 Å².